The molecular weight excluding hydrogens is 244 g/mol. The minimum atomic E-state index is -0.902. The minimum absolute atomic E-state index is 0.155. The molecule has 0 saturated heterocycles. The molecule has 0 aliphatic rings. The van der Waals surface area contributed by atoms with Crippen LogP contribution in [-0.2, 0) is 14.3 Å². The van der Waals surface area contributed by atoms with Crippen molar-refractivity contribution in [2.24, 2.45) is 0 Å². The highest BCUT2D eigenvalue weighted by Crippen LogP contribution is 2.16. The summed E-state index contributed by atoms with van der Waals surface area (Å²) < 4.78 is 4.77. The van der Waals surface area contributed by atoms with Crippen LogP contribution in [0, 0.1) is 11.3 Å². The summed E-state index contributed by atoms with van der Waals surface area (Å²) in [5.41, 5.74) is 0.616. The molecule has 0 aliphatic carbocycles. The molecule has 1 unspecified atom stereocenters. The quantitative estimate of drug-likeness (QED) is 0.748. The third kappa shape index (κ3) is 4.11. The molecule has 1 atom stereocenters. The maximum Gasteiger partial charge on any atom is 0.325 e. The third-order valence-electron chi connectivity index (χ3n) is 2.56. The molecule has 0 heterocycles. The average molecular weight is 260 g/mol. The van der Waals surface area contributed by atoms with E-state index in [0.29, 0.717) is 5.56 Å². The molecule has 1 amide bonds. The molecule has 0 radical (unpaired) electrons. The number of carbonyl (C=O) groups is 2. The van der Waals surface area contributed by atoms with Crippen LogP contribution in [0.3, 0.4) is 0 Å². The summed E-state index contributed by atoms with van der Waals surface area (Å²) in [7, 11) is 1.48. The largest absolute Gasteiger partial charge is 0.465 e. The summed E-state index contributed by atoms with van der Waals surface area (Å²) in [6, 6.07) is 10.7. The molecule has 0 saturated carbocycles. The predicted octanol–water partition coefficient (Wildman–Crippen LogP) is 1.32. The van der Waals surface area contributed by atoms with Crippen LogP contribution in [0.25, 0.3) is 0 Å². The van der Waals surface area contributed by atoms with E-state index < -0.39 is 17.8 Å². The monoisotopic (exact) mass is 260 g/mol. The van der Waals surface area contributed by atoms with Crippen LogP contribution in [0.1, 0.15) is 18.4 Å². The summed E-state index contributed by atoms with van der Waals surface area (Å²) in [6.45, 7) is 1.81. The molecule has 1 aromatic carbocycles. The van der Waals surface area contributed by atoms with Gasteiger partial charge in [-0.15, -0.1) is 0 Å². The maximum atomic E-state index is 12.1. The Labute approximate surface area is 112 Å². The van der Waals surface area contributed by atoms with Gasteiger partial charge in [0, 0.05) is 7.05 Å². The van der Waals surface area contributed by atoms with Crippen LogP contribution in [0.5, 0.6) is 0 Å². The van der Waals surface area contributed by atoms with Gasteiger partial charge in [-0.1, -0.05) is 30.3 Å². The molecular formula is C14H16N2O3. The molecule has 0 fully saturated rings. The van der Waals surface area contributed by atoms with Gasteiger partial charge in [-0.2, -0.15) is 5.26 Å². The Kier molecular flexibility index (Phi) is 5.55. The number of carbonyl (C=O) groups excluding carboxylic acids is 2. The van der Waals surface area contributed by atoms with Gasteiger partial charge in [-0.05, 0) is 12.5 Å². The number of rotatable bonds is 5. The van der Waals surface area contributed by atoms with E-state index in [2.05, 4.69) is 0 Å². The molecule has 1 rings (SSSR count). The van der Waals surface area contributed by atoms with Gasteiger partial charge in [0.15, 0.2) is 0 Å². The first-order valence-corrected chi connectivity index (χ1v) is 5.95. The number of nitriles is 1. The number of ether oxygens (including phenoxy) is 1. The maximum absolute atomic E-state index is 12.1. The van der Waals surface area contributed by atoms with Crippen LogP contribution in [-0.4, -0.2) is 37.0 Å². The van der Waals surface area contributed by atoms with Crippen LogP contribution < -0.4 is 0 Å². The van der Waals surface area contributed by atoms with Gasteiger partial charge in [0.05, 0.1) is 12.7 Å². The van der Waals surface area contributed by atoms with Crippen LogP contribution in [0.2, 0.25) is 0 Å². The van der Waals surface area contributed by atoms with E-state index in [1.807, 2.05) is 12.1 Å². The highest BCUT2D eigenvalue weighted by molar-refractivity contribution is 5.89. The van der Waals surface area contributed by atoms with Gasteiger partial charge in [-0.3, -0.25) is 9.59 Å². The average Bonchev–Trinajstić information content (AvgIpc) is 2.40. The Morgan fingerprint density at radius 3 is 2.53 bits per heavy atom. The standard InChI is InChI=1S/C14H16N2O3/c1-3-19-13(17)10-16(2)14(18)12(9-15)11-7-5-4-6-8-11/h4-8,12H,3,10H2,1-2H3. The van der Waals surface area contributed by atoms with E-state index >= 15 is 0 Å². The predicted molar refractivity (Wildman–Crippen MR) is 69.1 cm³/mol. The molecule has 100 valence electrons. The second-order valence-corrected chi connectivity index (χ2v) is 3.97. The highest BCUT2D eigenvalue weighted by atomic mass is 16.5. The smallest absolute Gasteiger partial charge is 0.325 e. The van der Waals surface area contributed by atoms with E-state index in [9.17, 15) is 9.59 Å². The van der Waals surface area contributed by atoms with Gasteiger partial charge in [0.2, 0.25) is 5.91 Å². The third-order valence-corrected chi connectivity index (χ3v) is 2.56. The van der Waals surface area contributed by atoms with Crippen molar-refractivity contribution in [2.45, 2.75) is 12.8 Å². The lowest BCUT2D eigenvalue weighted by Crippen LogP contribution is -2.36. The van der Waals surface area contributed by atoms with Crippen molar-refractivity contribution >= 4 is 11.9 Å². The molecule has 5 nitrogen and oxygen atoms in total. The lowest BCUT2D eigenvalue weighted by Gasteiger charge is -2.19. The second-order valence-electron chi connectivity index (χ2n) is 3.97. The molecule has 0 N–H and O–H groups in total. The zero-order chi connectivity index (χ0) is 14.3. The lowest BCUT2D eigenvalue weighted by atomic mass is 9.99. The first-order chi connectivity index (χ1) is 9.10. The normalized spacial score (nSPS) is 11.2. The van der Waals surface area contributed by atoms with Gasteiger partial charge in [-0.25, -0.2) is 0 Å². The van der Waals surface area contributed by atoms with Crippen molar-refractivity contribution < 1.29 is 14.3 Å². The van der Waals surface area contributed by atoms with Crippen molar-refractivity contribution in [3.63, 3.8) is 0 Å². The van der Waals surface area contributed by atoms with Crippen molar-refractivity contribution in [2.75, 3.05) is 20.2 Å². The topological polar surface area (TPSA) is 70.4 Å². The Morgan fingerprint density at radius 1 is 1.37 bits per heavy atom. The fraction of sp³-hybridized carbons (Fsp3) is 0.357. The number of amides is 1. The van der Waals surface area contributed by atoms with Gasteiger partial charge in [0.25, 0.3) is 0 Å². The summed E-state index contributed by atoms with van der Waals surface area (Å²) in [5.74, 6) is -1.80. The Hall–Kier alpha value is -2.35. The first-order valence-electron chi connectivity index (χ1n) is 5.95. The summed E-state index contributed by atoms with van der Waals surface area (Å²) >= 11 is 0. The molecule has 5 heteroatoms. The SMILES string of the molecule is CCOC(=O)CN(C)C(=O)C(C#N)c1ccccc1. The highest BCUT2D eigenvalue weighted by Gasteiger charge is 2.24. The van der Waals surface area contributed by atoms with E-state index in [0.717, 1.165) is 0 Å². The molecule has 0 aromatic heterocycles. The number of benzene rings is 1. The van der Waals surface area contributed by atoms with Gasteiger partial charge >= 0.3 is 5.97 Å². The molecule has 0 bridgehead atoms. The fourth-order valence-corrected chi connectivity index (χ4v) is 1.62. The summed E-state index contributed by atoms with van der Waals surface area (Å²) in [5, 5.41) is 9.12. The van der Waals surface area contributed by atoms with Crippen LogP contribution in [0.4, 0.5) is 0 Å². The van der Waals surface area contributed by atoms with Crippen LogP contribution in [0.15, 0.2) is 30.3 Å². The zero-order valence-electron chi connectivity index (χ0n) is 11.0. The molecule has 19 heavy (non-hydrogen) atoms. The lowest BCUT2D eigenvalue weighted by molar-refractivity contribution is -0.148. The van der Waals surface area contributed by atoms with E-state index in [-0.39, 0.29) is 13.2 Å². The summed E-state index contributed by atoms with van der Waals surface area (Å²) in [6.07, 6.45) is 0. The van der Waals surface area contributed by atoms with Gasteiger partial charge in [0.1, 0.15) is 12.5 Å². The summed E-state index contributed by atoms with van der Waals surface area (Å²) in [4.78, 5) is 24.6. The number of hydrogen-bond acceptors (Lipinski definition) is 4. The fourth-order valence-electron chi connectivity index (χ4n) is 1.62. The number of nitrogens with zero attached hydrogens (tertiary/aromatic N) is 2. The van der Waals surface area contributed by atoms with E-state index in [1.54, 1.807) is 31.2 Å². The Morgan fingerprint density at radius 2 is 2.00 bits per heavy atom. The van der Waals surface area contributed by atoms with Crippen molar-refractivity contribution in [3.05, 3.63) is 35.9 Å². The molecule has 0 aliphatic heterocycles. The second kappa shape index (κ2) is 7.17. The van der Waals surface area contributed by atoms with Crippen molar-refractivity contribution in [1.82, 2.24) is 4.90 Å². The van der Waals surface area contributed by atoms with Gasteiger partial charge < -0.3 is 9.64 Å². The molecule has 1 aromatic rings. The van der Waals surface area contributed by atoms with E-state index in [1.165, 1.54) is 11.9 Å². The molecule has 0 spiro atoms. The number of likely N-dealkylation sites (N-methyl/N-ethyl adjacent to an activating group) is 1. The van der Waals surface area contributed by atoms with Crippen molar-refractivity contribution in [3.8, 4) is 6.07 Å². The van der Waals surface area contributed by atoms with Crippen LogP contribution >= 0.6 is 0 Å². The van der Waals surface area contributed by atoms with E-state index in [4.69, 9.17) is 10.00 Å². The minimum Gasteiger partial charge on any atom is -0.465 e. The Balaban J connectivity index is 2.75. The Bertz CT molecular complexity index is 479. The number of esters is 1. The number of hydrogen-bond donors (Lipinski definition) is 0. The zero-order valence-corrected chi connectivity index (χ0v) is 11.0. The first kappa shape index (κ1) is 14.7. The van der Waals surface area contributed by atoms with Crippen molar-refractivity contribution in [1.29, 1.82) is 5.26 Å².